The minimum absolute atomic E-state index is 0.0387. The lowest BCUT2D eigenvalue weighted by Gasteiger charge is -2.24. The van der Waals surface area contributed by atoms with Crippen molar-refractivity contribution in [3.8, 4) is 5.75 Å². The molecule has 3 heterocycles. The van der Waals surface area contributed by atoms with Gasteiger partial charge in [-0.15, -0.1) is 11.3 Å². The highest BCUT2D eigenvalue weighted by Crippen LogP contribution is 2.37. The summed E-state index contributed by atoms with van der Waals surface area (Å²) < 4.78 is 25.4. The van der Waals surface area contributed by atoms with Crippen molar-refractivity contribution in [2.75, 3.05) is 31.6 Å². The van der Waals surface area contributed by atoms with Crippen LogP contribution in [0.4, 0.5) is 15.9 Å². The Balaban J connectivity index is 1.62. The van der Waals surface area contributed by atoms with Gasteiger partial charge in [0.25, 0.3) is 5.91 Å². The molecule has 0 aliphatic carbocycles. The summed E-state index contributed by atoms with van der Waals surface area (Å²) >= 11 is 1.31. The van der Waals surface area contributed by atoms with Crippen LogP contribution in [0.3, 0.4) is 0 Å². The van der Waals surface area contributed by atoms with E-state index in [1.807, 2.05) is 6.92 Å². The Kier molecular flexibility index (Phi) is 7.13. The van der Waals surface area contributed by atoms with Gasteiger partial charge < -0.3 is 25.8 Å². The molecule has 3 aromatic rings. The van der Waals surface area contributed by atoms with Crippen molar-refractivity contribution in [3.05, 3.63) is 40.8 Å². The van der Waals surface area contributed by atoms with Crippen molar-refractivity contribution in [3.63, 3.8) is 0 Å². The Morgan fingerprint density at radius 2 is 2.16 bits per heavy atom. The van der Waals surface area contributed by atoms with Crippen molar-refractivity contribution in [2.45, 2.75) is 32.3 Å². The van der Waals surface area contributed by atoms with E-state index >= 15 is 0 Å². The number of anilines is 2. The van der Waals surface area contributed by atoms with Gasteiger partial charge in [-0.2, -0.15) is 0 Å². The average Bonchev–Trinajstić information content (AvgIpc) is 3.14. The SMILES string of the molecule is Cc1c(C(=O)NCCCN)sc2ncnc(Nc3ccc(F)cc3OC3CCOCC3)c12. The molecule has 4 rings (SSSR count). The third-order valence-electron chi connectivity index (χ3n) is 5.26. The van der Waals surface area contributed by atoms with Crippen LogP contribution in [0.5, 0.6) is 5.75 Å². The number of aromatic nitrogens is 2. The van der Waals surface area contributed by atoms with E-state index < -0.39 is 0 Å². The van der Waals surface area contributed by atoms with E-state index in [9.17, 15) is 9.18 Å². The number of hydrogen-bond acceptors (Lipinski definition) is 8. The van der Waals surface area contributed by atoms with Gasteiger partial charge in [0.2, 0.25) is 0 Å². The monoisotopic (exact) mass is 459 g/mol. The van der Waals surface area contributed by atoms with Gasteiger partial charge in [0, 0.05) is 25.5 Å². The summed E-state index contributed by atoms with van der Waals surface area (Å²) in [5.74, 6) is 0.410. The molecule has 0 bridgehead atoms. The lowest BCUT2D eigenvalue weighted by Crippen LogP contribution is -2.26. The highest BCUT2D eigenvalue weighted by molar-refractivity contribution is 7.20. The summed E-state index contributed by atoms with van der Waals surface area (Å²) in [6, 6.07) is 4.36. The lowest BCUT2D eigenvalue weighted by atomic mass is 10.1. The van der Waals surface area contributed by atoms with Crippen LogP contribution in [-0.4, -0.2) is 48.3 Å². The molecule has 1 aromatic carbocycles. The molecule has 4 N–H and O–H groups in total. The number of carbonyl (C=O) groups is 1. The van der Waals surface area contributed by atoms with Gasteiger partial charge in [-0.25, -0.2) is 14.4 Å². The first-order chi connectivity index (χ1) is 15.6. The molecule has 0 spiro atoms. The van der Waals surface area contributed by atoms with Crippen LogP contribution in [0.2, 0.25) is 0 Å². The van der Waals surface area contributed by atoms with Crippen LogP contribution in [0.25, 0.3) is 10.2 Å². The fraction of sp³-hybridized carbons (Fsp3) is 0.409. The first kappa shape index (κ1) is 22.4. The maximum absolute atomic E-state index is 14.0. The van der Waals surface area contributed by atoms with E-state index in [1.54, 1.807) is 6.07 Å². The van der Waals surface area contributed by atoms with Crippen LogP contribution in [0.15, 0.2) is 24.5 Å². The van der Waals surface area contributed by atoms with Gasteiger partial charge in [-0.3, -0.25) is 4.79 Å². The number of thiophene rings is 1. The lowest BCUT2D eigenvalue weighted by molar-refractivity contribution is 0.0257. The fourth-order valence-corrected chi connectivity index (χ4v) is 4.63. The van der Waals surface area contributed by atoms with Gasteiger partial charge in [0.05, 0.1) is 29.2 Å². The van der Waals surface area contributed by atoms with E-state index in [4.69, 9.17) is 15.2 Å². The smallest absolute Gasteiger partial charge is 0.261 e. The Morgan fingerprint density at radius 1 is 1.34 bits per heavy atom. The number of benzene rings is 1. The first-order valence-electron chi connectivity index (χ1n) is 10.6. The van der Waals surface area contributed by atoms with Gasteiger partial charge in [-0.1, -0.05) is 0 Å². The summed E-state index contributed by atoms with van der Waals surface area (Å²) in [5.41, 5.74) is 6.88. The molecule has 1 aliphatic heterocycles. The van der Waals surface area contributed by atoms with Crippen molar-refractivity contribution in [1.29, 1.82) is 0 Å². The highest BCUT2D eigenvalue weighted by Gasteiger charge is 2.21. The number of aryl methyl sites for hydroxylation is 1. The van der Waals surface area contributed by atoms with E-state index in [0.29, 0.717) is 59.7 Å². The summed E-state index contributed by atoms with van der Waals surface area (Å²) in [7, 11) is 0. The Hall–Kier alpha value is -2.82. The predicted octanol–water partition coefficient (Wildman–Crippen LogP) is 3.52. The molecule has 2 aromatic heterocycles. The molecular formula is C22H26FN5O3S. The van der Waals surface area contributed by atoms with Gasteiger partial charge in [0.1, 0.15) is 34.6 Å². The normalized spacial score (nSPS) is 14.5. The molecule has 1 amide bonds. The molecule has 170 valence electrons. The molecule has 1 aliphatic rings. The van der Waals surface area contributed by atoms with E-state index in [1.165, 1.54) is 29.8 Å². The molecular weight excluding hydrogens is 433 g/mol. The van der Waals surface area contributed by atoms with E-state index in [0.717, 1.165) is 23.8 Å². The molecule has 10 heteroatoms. The topological polar surface area (TPSA) is 111 Å². The molecule has 1 fully saturated rings. The van der Waals surface area contributed by atoms with Gasteiger partial charge >= 0.3 is 0 Å². The number of fused-ring (bicyclic) bond motifs is 1. The van der Waals surface area contributed by atoms with Gasteiger partial charge in [-0.05, 0) is 37.6 Å². The molecule has 1 saturated heterocycles. The van der Waals surface area contributed by atoms with Crippen molar-refractivity contribution >= 4 is 39.0 Å². The van der Waals surface area contributed by atoms with E-state index in [2.05, 4.69) is 20.6 Å². The molecule has 0 radical (unpaired) electrons. The molecule has 0 saturated carbocycles. The number of hydrogen-bond donors (Lipinski definition) is 3. The third-order valence-corrected chi connectivity index (χ3v) is 6.46. The second-order valence-corrected chi connectivity index (χ2v) is 8.55. The minimum atomic E-state index is -0.381. The highest BCUT2D eigenvalue weighted by atomic mass is 32.1. The van der Waals surface area contributed by atoms with Crippen LogP contribution in [0, 0.1) is 12.7 Å². The summed E-state index contributed by atoms with van der Waals surface area (Å²) in [6.45, 7) is 4.15. The maximum atomic E-state index is 14.0. The van der Waals surface area contributed by atoms with Crippen LogP contribution in [-0.2, 0) is 4.74 Å². The molecule has 0 atom stereocenters. The number of halogens is 1. The zero-order chi connectivity index (χ0) is 22.5. The summed E-state index contributed by atoms with van der Waals surface area (Å²) in [4.78, 5) is 22.6. The number of carbonyl (C=O) groups excluding carboxylic acids is 1. The van der Waals surface area contributed by atoms with Crippen LogP contribution < -0.4 is 21.1 Å². The average molecular weight is 460 g/mol. The van der Waals surface area contributed by atoms with Crippen LogP contribution in [0.1, 0.15) is 34.5 Å². The zero-order valence-corrected chi connectivity index (χ0v) is 18.6. The Morgan fingerprint density at radius 3 is 2.94 bits per heavy atom. The van der Waals surface area contributed by atoms with Gasteiger partial charge in [0.15, 0.2) is 0 Å². The number of nitrogens with one attached hydrogen (secondary N) is 2. The zero-order valence-electron chi connectivity index (χ0n) is 17.8. The van der Waals surface area contributed by atoms with Crippen molar-refractivity contribution < 1.29 is 18.7 Å². The maximum Gasteiger partial charge on any atom is 0.261 e. The molecule has 0 unspecified atom stereocenters. The number of rotatable bonds is 8. The quantitative estimate of drug-likeness (QED) is 0.442. The van der Waals surface area contributed by atoms with Crippen LogP contribution >= 0.6 is 11.3 Å². The Bertz CT molecular complexity index is 1100. The largest absolute Gasteiger partial charge is 0.488 e. The molecule has 8 nitrogen and oxygen atoms in total. The summed E-state index contributed by atoms with van der Waals surface area (Å²) in [6.07, 6.45) is 3.62. The standard InChI is InChI=1S/C22H26FN5O3S/c1-13-18-20(26-12-27-22(18)32-19(13)21(29)25-8-2-7-24)28-16-4-3-14(23)11-17(16)31-15-5-9-30-10-6-15/h3-4,11-12,15H,2,5-10,24H2,1H3,(H,25,29)(H,26,27,28). The second-order valence-electron chi connectivity index (χ2n) is 7.55. The molecule has 32 heavy (non-hydrogen) atoms. The minimum Gasteiger partial charge on any atom is -0.488 e. The number of nitrogens with two attached hydrogens (primary N) is 1. The fourth-order valence-electron chi connectivity index (χ4n) is 3.57. The first-order valence-corrected chi connectivity index (χ1v) is 11.4. The van der Waals surface area contributed by atoms with Crippen molar-refractivity contribution in [2.24, 2.45) is 5.73 Å². The van der Waals surface area contributed by atoms with Crippen molar-refractivity contribution in [1.82, 2.24) is 15.3 Å². The predicted molar refractivity (Wildman–Crippen MR) is 122 cm³/mol. The second kappa shape index (κ2) is 10.2. The number of ether oxygens (including phenoxy) is 2. The van der Waals surface area contributed by atoms with E-state index in [-0.39, 0.29) is 17.8 Å². The Labute approximate surface area is 189 Å². The number of nitrogens with zero attached hydrogens (tertiary/aromatic N) is 2. The summed E-state index contributed by atoms with van der Waals surface area (Å²) in [5, 5.41) is 6.90. The third kappa shape index (κ3) is 4.98. The number of amides is 1.